The van der Waals surface area contributed by atoms with Crippen LogP contribution in [0.5, 0.6) is 0 Å². The van der Waals surface area contributed by atoms with Crippen LogP contribution in [-0.4, -0.2) is 16.7 Å². The summed E-state index contributed by atoms with van der Waals surface area (Å²) in [6, 6.07) is 4.92. The van der Waals surface area contributed by atoms with E-state index in [0.717, 1.165) is 0 Å². The Labute approximate surface area is 75.2 Å². The highest BCUT2D eigenvalue weighted by Crippen LogP contribution is 2.00. The lowest BCUT2D eigenvalue weighted by Crippen LogP contribution is -2.22. The first kappa shape index (κ1) is 9.38. The summed E-state index contributed by atoms with van der Waals surface area (Å²) in [6.45, 7) is 0. The predicted molar refractivity (Wildman–Crippen MR) is 42.8 cm³/mol. The van der Waals surface area contributed by atoms with Crippen LogP contribution in [0.25, 0.3) is 0 Å². The molecule has 0 atom stereocenters. The number of carbonyl (C=O) groups is 2. The lowest BCUT2D eigenvalue weighted by atomic mass is 10.1. The Kier molecular flexibility index (Phi) is 3.14. The number of aromatic nitrogens is 1. The van der Waals surface area contributed by atoms with Crippen LogP contribution in [-0.2, 0) is 4.79 Å². The van der Waals surface area contributed by atoms with E-state index in [2.05, 4.69) is 4.98 Å². The predicted octanol–water partition coefficient (Wildman–Crippen LogP) is -0.206. The molecule has 0 aliphatic carbocycles. The van der Waals surface area contributed by atoms with Gasteiger partial charge in [-0.05, 0) is 18.6 Å². The molecule has 0 aromatic carbocycles. The number of rotatable bonds is 4. The van der Waals surface area contributed by atoms with Crippen LogP contribution in [0.3, 0.4) is 0 Å². The number of nitrogens with zero attached hydrogens (tertiary/aromatic N) is 1. The average Bonchev–Trinajstić information content (AvgIpc) is 2.15. The zero-order valence-electron chi connectivity index (χ0n) is 6.90. The van der Waals surface area contributed by atoms with Gasteiger partial charge >= 0.3 is 0 Å². The van der Waals surface area contributed by atoms with Gasteiger partial charge in [-0.15, -0.1) is 0 Å². The molecule has 0 bridgehead atoms. The summed E-state index contributed by atoms with van der Waals surface area (Å²) in [4.78, 5) is 25.0. The molecular formula is C9H8NO3-. The van der Waals surface area contributed by atoms with E-state index in [1.807, 2.05) is 0 Å². The second-order valence-electron chi connectivity index (χ2n) is 2.51. The highest BCUT2D eigenvalue weighted by Gasteiger charge is 2.05. The van der Waals surface area contributed by atoms with Crippen molar-refractivity contribution in [2.45, 2.75) is 12.8 Å². The topological polar surface area (TPSA) is 70.1 Å². The van der Waals surface area contributed by atoms with Gasteiger partial charge in [0.05, 0.1) is 0 Å². The molecule has 0 N–H and O–H groups in total. The quantitative estimate of drug-likeness (QED) is 0.598. The van der Waals surface area contributed by atoms with Crippen molar-refractivity contribution in [3.63, 3.8) is 0 Å². The fraction of sp³-hybridized carbons (Fsp3) is 0.222. The highest BCUT2D eigenvalue weighted by molar-refractivity contribution is 5.95. The third-order valence-electron chi connectivity index (χ3n) is 1.51. The minimum atomic E-state index is -1.22. The van der Waals surface area contributed by atoms with E-state index in [9.17, 15) is 14.7 Å². The zero-order valence-corrected chi connectivity index (χ0v) is 6.90. The van der Waals surface area contributed by atoms with Crippen molar-refractivity contribution in [2.24, 2.45) is 0 Å². The molecule has 1 aromatic heterocycles. The molecule has 1 aromatic rings. The Morgan fingerprint density at radius 2 is 2.08 bits per heavy atom. The van der Waals surface area contributed by atoms with Gasteiger partial charge in [-0.3, -0.25) is 9.78 Å². The van der Waals surface area contributed by atoms with E-state index in [1.54, 1.807) is 18.2 Å². The first-order chi connectivity index (χ1) is 6.20. The first-order valence-electron chi connectivity index (χ1n) is 3.84. The highest BCUT2D eigenvalue weighted by atomic mass is 16.4. The van der Waals surface area contributed by atoms with Gasteiger partial charge < -0.3 is 9.90 Å². The van der Waals surface area contributed by atoms with Crippen molar-refractivity contribution < 1.29 is 14.7 Å². The second kappa shape index (κ2) is 4.35. The van der Waals surface area contributed by atoms with Crippen LogP contribution < -0.4 is 5.11 Å². The number of aliphatic carboxylic acids is 1. The van der Waals surface area contributed by atoms with Gasteiger partial charge in [-0.2, -0.15) is 0 Å². The van der Waals surface area contributed by atoms with Gasteiger partial charge in [0.2, 0.25) is 0 Å². The molecule has 13 heavy (non-hydrogen) atoms. The molecule has 4 heteroatoms. The Bertz CT molecular complexity index is 308. The molecule has 1 rings (SSSR count). The summed E-state index contributed by atoms with van der Waals surface area (Å²) >= 11 is 0. The van der Waals surface area contributed by atoms with Gasteiger partial charge in [0, 0.05) is 18.6 Å². The van der Waals surface area contributed by atoms with Crippen molar-refractivity contribution in [1.29, 1.82) is 0 Å². The lowest BCUT2D eigenvalue weighted by Gasteiger charge is -2.00. The largest absolute Gasteiger partial charge is 0.550 e. The molecule has 0 unspecified atom stereocenters. The first-order valence-corrected chi connectivity index (χ1v) is 3.84. The molecule has 0 saturated heterocycles. The number of carbonyl (C=O) groups excluding carboxylic acids is 2. The third kappa shape index (κ3) is 3.02. The molecule has 0 aliphatic heterocycles. The van der Waals surface area contributed by atoms with E-state index in [1.165, 1.54) is 6.20 Å². The lowest BCUT2D eigenvalue weighted by molar-refractivity contribution is -0.305. The van der Waals surface area contributed by atoms with Crippen LogP contribution >= 0.6 is 0 Å². The maximum absolute atomic E-state index is 11.2. The molecule has 0 aliphatic rings. The average molecular weight is 178 g/mol. The summed E-state index contributed by atoms with van der Waals surface area (Å²) in [5, 5.41) is 10.1. The molecule has 0 amide bonds. The minimum Gasteiger partial charge on any atom is -0.550 e. The number of hydrogen-bond donors (Lipinski definition) is 0. The van der Waals surface area contributed by atoms with E-state index >= 15 is 0 Å². The van der Waals surface area contributed by atoms with Crippen molar-refractivity contribution in [1.82, 2.24) is 4.98 Å². The van der Waals surface area contributed by atoms with E-state index in [0.29, 0.717) is 5.69 Å². The molecule has 0 radical (unpaired) electrons. The van der Waals surface area contributed by atoms with Gasteiger partial charge in [0.1, 0.15) is 5.69 Å². The number of Topliss-reactive ketones (excluding diaryl/α,β-unsaturated/α-hetero) is 1. The minimum absolute atomic E-state index is 0.0562. The normalized spacial score (nSPS) is 9.54. The van der Waals surface area contributed by atoms with Crippen LogP contribution in [0.2, 0.25) is 0 Å². The Balaban J connectivity index is 2.54. The van der Waals surface area contributed by atoms with Crippen molar-refractivity contribution >= 4 is 11.8 Å². The number of carboxylic acid groups (broad SMARTS) is 1. The Morgan fingerprint density at radius 3 is 2.62 bits per heavy atom. The van der Waals surface area contributed by atoms with Crippen LogP contribution in [0, 0.1) is 0 Å². The van der Waals surface area contributed by atoms with Crippen molar-refractivity contribution in [2.75, 3.05) is 0 Å². The number of hydrogen-bond acceptors (Lipinski definition) is 4. The second-order valence-corrected chi connectivity index (χ2v) is 2.51. The van der Waals surface area contributed by atoms with Crippen LogP contribution in [0.1, 0.15) is 23.3 Å². The summed E-state index contributed by atoms with van der Waals surface area (Å²) in [7, 11) is 0. The molecule has 0 fully saturated rings. The Hall–Kier alpha value is -1.71. The van der Waals surface area contributed by atoms with E-state index in [4.69, 9.17) is 0 Å². The SMILES string of the molecule is O=C([O-])CCC(=O)c1ccccn1. The molecule has 0 spiro atoms. The van der Waals surface area contributed by atoms with E-state index < -0.39 is 5.97 Å². The van der Waals surface area contributed by atoms with Crippen LogP contribution in [0.15, 0.2) is 24.4 Å². The Morgan fingerprint density at radius 1 is 1.31 bits per heavy atom. The van der Waals surface area contributed by atoms with Crippen LogP contribution in [0.4, 0.5) is 0 Å². The smallest absolute Gasteiger partial charge is 0.181 e. The summed E-state index contributed by atoms with van der Waals surface area (Å²) in [6.07, 6.45) is 1.18. The fourth-order valence-electron chi connectivity index (χ4n) is 0.871. The molecule has 0 saturated carbocycles. The molecule has 4 nitrogen and oxygen atoms in total. The van der Waals surface area contributed by atoms with Gasteiger partial charge in [0.15, 0.2) is 5.78 Å². The van der Waals surface area contributed by atoms with Gasteiger partial charge in [0.25, 0.3) is 0 Å². The number of ketones is 1. The maximum Gasteiger partial charge on any atom is 0.181 e. The monoisotopic (exact) mass is 178 g/mol. The zero-order chi connectivity index (χ0) is 9.68. The number of carboxylic acids is 1. The fourth-order valence-corrected chi connectivity index (χ4v) is 0.871. The van der Waals surface area contributed by atoms with E-state index in [-0.39, 0.29) is 18.6 Å². The van der Waals surface area contributed by atoms with Gasteiger partial charge in [-0.1, -0.05) is 6.07 Å². The molecule has 68 valence electrons. The third-order valence-corrected chi connectivity index (χ3v) is 1.51. The number of pyridine rings is 1. The maximum atomic E-state index is 11.2. The van der Waals surface area contributed by atoms with Gasteiger partial charge in [-0.25, -0.2) is 0 Å². The summed E-state index contributed by atoms with van der Waals surface area (Å²) < 4.78 is 0. The van der Waals surface area contributed by atoms with Crippen molar-refractivity contribution in [3.05, 3.63) is 30.1 Å². The van der Waals surface area contributed by atoms with Crippen molar-refractivity contribution in [3.8, 4) is 0 Å². The summed E-state index contributed by atoms with van der Waals surface area (Å²) in [5.74, 6) is -1.49. The summed E-state index contributed by atoms with van der Waals surface area (Å²) in [5.41, 5.74) is 0.295. The standard InChI is InChI=1S/C9H9NO3/c11-8(4-5-9(12)13)7-3-1-2-6-10-7/h1-3,6H,4-5H2,(H,12,13)/p-1. The molecule has 1 heterocycles. The molecular weight excluding hydrogens is 170 g/mol.